The monoisotopic (exact) mass is 426 g/mol. The molecular formula is C25H34N2O4. The van der Waals surface area contributed by atoms with Crippen LogP contribution in [0.25, 0.3) is 0 Å². The molecule has 4 aliphatic rings. The molecule has 0 radical (unpaired) electrons. The zero-order chi connectivity index (χ0) is 22.0. The molecule has 1 N–H and O–H groups in total. The molecule has 0 aromatic heterocycles. The zero-order valence-electron chi connectivity index (χ0n) is 18.6. The maximum absolute atomic E-state index is 12.6. The molecule has 168 valence electrons. The Hall–Kier alpha value is -2.37. The van der Waals surface area contributed by atoms with Crippen molar-refractivity contribution in [1.82, 2.24) is 10.2 Å². The first-order chi connectivity index (χ1) is 14.8. The van der Waals surface area contributed by atoms with E-state index in [0.717, 1.165) is 42.6 Å². The summed E-state index contributed by atoms with van der Waals surface area (Å²) in [7, 11) is 1.69. The fourth-order valence-electron chi connectivity index (χ4n) is 6.62. The van der Waals surface area contributed by atoms with E-state index in [-0.39, 0.29) is 23.8 Å². The number of nitrogens with zero attached hydrogens (tertiary/aromatic N) is 1. The number of hydrogen-bond donors (Lipinski definition) is 1. The molecule has 4 bridgehead atoms. The molecule has 31 heavy (non-hydrogen) atoms. The van der Waals surface area contributed by atoms with E-state index in [1.807, 2.05) is 30.3 Å². The number of hydrogen-bond acceptors (Lipinski definition) is 4. The van der Waals surface area contributed by atoms with Gasteiger partial charge in [0.1, 0.15) is 6.54 Å². The van der Waals surface area contributed by atoms with Gasteiger partial charge in [-0.05, 0) is 74.2 Å². The Kier molecular flexibility index (Phi) is 6.35. The SMILES string of the molecule is CC(OC(=O)CNC(=O)CC12CC3CC(CC(C3)C1)C2)C(=O)N(C)Cc1ccccc1. The lowest BCUT2D eigenvalue weighted by molar-refractivity contribution is -0.158. The highest BCUT2D eigenvalue weighted by Gasteiger charge is 2.51. The Labute approximate surface area is 184 Å². The number of esters is 1. The molecule has 6 heteroatoms. The van der Waals surface area contributed by atoms with Gasteiger partial charge >= 0.3 is 5.97 Å². The fraction of sp³-hybridized carbons (Fsp3) is 0.640. The van der Waals surface area contributed by atoms with Gasteiger partial charge in [0.25, 0.3) is 5.91 Å². The highest BCUT2D eigenvalue weighted by Crippen LogP contribution is 2.61. The van der Waals surface area contributed by atoms with Crippen LogP contribution in [0.15, 0.2) is 30.3 Å². The first-order valence-corrected chi connectivity index (χ1v) is 11.6. The molecule has 4 fully saturated rings. The van der Waals surface area contributed by atoms with Crippen LogP contribution in [-0.4, -0.2) is 42.4 Å². The summed E-state index contributed by atoms with van der Waals surface area (Å²) in [5, 5.41) is 2.73. The first-order valence-electron chi connectivity index (χ1n) is 11.6. The van der Waals surface area contributed by atoms with Crippen LogP contribution in [-0.2, 0) is 25.7 Å². The summed E-state index contributed by atoms with van der Waals surface area (Å²) in [5.41, 5.74) is 1.15. The topological polar surface area (TPSA) is 75.7 Å². The van der Waals surface area contributed by atoms with Gasteiger partial charge in [0.05, 0.1) is 0 Å². The average Bonchev–Trinajstić information content (AvgIpc) is 2.71. The van der Waals surface area contributed by atoms with Gasteiger partial charge in [0.15, 0.2) is 6.10 Å². The minimum Gasteiger partial charge on any atom is -0.451 e. The molecule has 0 saturated heterocycles. The van der Waals surface area contributed by atoms with E-state index in [1.54, 1.807) is 18.9 Å². The average molecular weight is 427 g/mol. The van der Waals surface area contributed by atoms with Crippen molar-refractivity contribution < 1.29 is 19.1 Å². The van der Waals surface area contributed by atoms with Crippen LogP contribution in [0.1, 0.15) is 57.4 Å². The van der Waals surface area contributed by atoms with E-state index in [9.17, 15) is 14.4 Å². The van der Waals surface area contributed by atoms with Crippen LogP contribution >= 0.6 is 0 Å². The zero-order valence-corrected chi connectivity index (χ0v) is 18.6. The van der Waals surface area contributed by atoms with Crippen molar-refractivity contribution in [2.45, 2.75) is 64.5 Å². The van der Waals surface area contributed by atoms with Gasteiger partial charge in [0, 0.05) is 20.0 Å². The number of amides is 2. The first kappa shape index (κ1) is 21.8. The number of rotatable bonds is 8. The molecule has 1 aromatic rings. The molecule has 1 aromatic carbocycles. The molecule has 2 amide bonds. The molecule has 0 aliphatic heterocycles. The molecular weight excluding hydrogens is 392 g/mol. The van der Waals surface area contributed by atoms with Crippen LogP contribution in [0.2, 0.25) is 0 Å². The highest BCUT2D eigenvalue weighted by atomic mass is 16.5. The number of likely N-dealkylation sites (N-methyl/N-ethyl adjacent to an activating group) is 1. The second-order valence-electron chi connectivity index (χ2n) is 10.2. The van der Waals surface area contributed by atoms with Gasteiger partial charge in [0.2, 0.25) is 5.91 Å². The maximum Gasteiger partial charge on any atom is 0.326 e. The Bertz CT molecular complexity index is 787. The Balaban J connectivity index is 1.20. The lowest BCUT2D eigenvalue weighted by Gasteiger charge is -2.56. The molecule has 4 saturated carbocycles. The number of ether oxygens (including phenoxy) is 1. The summed E-state index contributed by atoms with van der Waals surface area (Å²) < 4.78 is 5.27. The van der Waals surface area contributed by atoms with Crippen molar-refractivity contribution in [3.8, 4) is 0 Å². The third kappa shape index (κ3) is 5.28. The second-order valence-corrected chi connectivity index (χ2v) is 10.2. The van der Waals surface area contributed by atoms with E-state index in [1.165, 1.54) is 19.3 Å². The van der Waals surface area contributed by atoms with Gasteiger partial charge in [-0.2, -0.15) is 0 Å². The van der Waals surface area contributed by atoms with Crippen molar-refractivity contribution >= 4 is 17.8 Å². The molecule has 0 spiro atoms. The van der Waals surface area contributed by atoms with Crippen LogP contribution in [0.4, 0.5) is 0 Å². The molecule has 5 rings (SSSR count). The Morgan fingerprint density at radius 3 is 2.23 bits per heavy atom. The molecule has 1 unspecified atom stereocenters. The van der Waals surface area contributed by atoms with Crippen LogP contribution in [0.5, 0.6) is 0 Å². The summed E-state index contributed by atoms with van der Waals surface area (Å²) in [5.74, 6) is 1.47. The summed E-state index contributed by atoms with van der Waals surface area (Å²) in [4.78, 5) is 38.8. The summed E-state index contributed by atoms with van der Waals surface area (Å²) in [6, 6.07) is 9.65. The van der Waals surface area contributed by atoms with Gasteiger partial charge in [-0.25, -0.2) is 0 Å². The number of benzene rings is 1. The predicted molar refractivity (Wildman–Crippen MR) is 117 cm³/mol. The van der Waals surface area contributed by atoms with E-state index in [4.69, 9.17) is 4.74 Å². The highest BCUT2D eigenvalue weighted by molar-refractivity contribution is 5.86. The largest absolute Gasteiger partial charge is 0.451 e. The third-order valence-corrected chi connectivity index (χ3v) is 7.43. The normalized spacial score (nSPS) is 29.3. The number of carbonyl (C=O) groups excluding carboxylic acids is 3. The predicted octanol–water partition coefficient (Wildman–Crippen LogP) is 3.30. The Morgan fingerprint density at radius 1 is 1.06 bits per heavy atom. The van der Waals surface area contributed by atoms with Gasteiger partial charge in [-0.15, -0.1) is 0 Å². The van der Waals surface area contributed by atoms with Crippen molar-refractivity contribution in [2.75, 3.05) is 13.6 Å². The van der Waals surface area contributed by atoms with E-state index < -0.39 is 12.1 Å². The minimum atomic E-state index is -0.888. The number of carbonyl (C=O) groups is 3. The third-order valence-electron chi connectivity index (χ3n) is 7.43. The van der Waals surface area contributed by atoms with Gasteiger partial charge in [-0.3, -0.25) is 14.4 Å². The summed E-state index contributed by atoms with van der Waals surface area (Å²) in [6.07, 6.45) is 7.15. The second kappa shape index (κ2) is 9.01. The Morgan fingerprint density at radius 2 is 1.65 bits per heavy atom. The van der Waals surface area contributed by atoms with E-state index >= 15 is 0 Å². The lowest BCUT2D eigenvalue weighted by atomic mass is 9.49. The van der Waals surface area contributed by atoms with Crippen LogP contribution < -0.4 is 5.32 Å². The van der Waals surface area contributed by atoms with Crippen LogP contribution in [0.3, 0.4) is 0 Å². The van der Waals surface area contributed by atoms with E-state index in [2.05, 4.69) is 5.32 Å². The smallest absolute Gasteiger partial charge is 0.326 e. The maximum atomic E-state index is 12.6. The summed E-state index contributed by atoms with van der Waals surface area (Å²) >= 11 is 0. The summed E-state index contributed by atoms with van der Waals surface area (Å²) in [6.45, 7) is 1.83. The fourth-order valence-corrected chi connectivity index (χ4v) is 6.62. The van der Waals surface area contributed by atoms with Gasteiger partial charge < -0.3 is 15.0 Å². The van der Waals surface area contributed by atoms with E-state index in [0.29, 0.717) is 13.0 Å². The standard InChI is InChI=1S/C25H34N2O4/c1-17(24(30)27(2)16-18-6-4-3-5-7-18)31-23(29)15-26-22(28)14-25-11-19-8-20(12-25)10-21(9-19)13-25/h3-7,17,19-21H,8-16H2,1-2H3,(H,26,28). The molecule has 0 heterocycles. The van der Waals surface area contributed by atoms with Crippen molar-refractivity contribution in [1.29, 1.82) is 0 Å². The number of nitrogens with one attached hydrogen (secondary N) is 1. The van der Waals surface area contributed by atoms with Crippen molar-refractivity contribution in [2.24, 2.45) is 23.2 Å². The van der Waals surface area contributed by atoms with Crippen LogP contribution in [0, 0.1) is 23.2 Å². The molecule has 6 nitrogen and oxygen atoms in total. The lowest BCUT2D eigenvalue weighted by Crippen LogP contribution is -2.48. The molecule has 4 aliphatic carbocycles. The van der Waals surface area contributed by atoms with Crippen molar-refractivity contribution in [3.63, 3.8) is 0 Å². The molecule has 1 atom stereocenters. The van der Waals surface area contributed by atoms with Gasteiger partial charge in [-0.1, -0.05) is 30.3 Å². The quantitative estimate of drug-likeness (QED) is 0.647. The minimum absolute atomic E-state index is 0.0703. The van der Waals surface area contributed by atoms with Crippen molar-refractivity contribution in [3.05, 3.63) is 35.9 Å².